The molecule has 0 saturated carbocycles. The fourth-order valence-corrected chi connectivity index (χ4v) is 4.09. The van der Waals surface area contributed by atoms with Crippen LogP contribution < -0.4 is 0 Å². The average molecular weight is 399 g/mol. The van der Waals surface area contributed by atoms with Crippen LogP contribution >= 0.6 is 11.3 Å². The van der Waals surface area contributed by atoms with Gasteiger partial charge in [-0.05, 0) is 30.4 Å². The first-order valence-corrected chi connectivity index (χ1v) is 10.3. The van der Waals surface area contributed by atoms with Gasteiger partial charge < -0.3 is 4.74 Å². The molecule has 3 rings (SSSR count). The third-order valence-corrected chi connectivity index (χ3v) is 5.71. The van der Waals surface area contributed by atoms with Gasteiger partial charge in [-0.1, -0.05) is 52.0 Å². The number of aromatic nitrogens is 2. The van der Waals surface area contributed by atoms with E-state index in [0.29, 0.717) is 22.3 Å². The van der Waals surface area contributed by atoms with Gasteiger partial charge in [0.1, 0.15) is 9.71 Å². The Morgan fingerprint density at radius 3 is 2.43 bits per heavy atom. The molecule has 5 nitrogen and oxygen atoms in total. The van der Waals surface area contributed by atoms with Crippen LogP contribution in [0, 0.1) is 12.8 Å². The molecule has 0 aliphatic carbocycles. The number of nitrogens with zero attached hydrogens (tertiary/aromatic N) is 2. The third kappa shape index (κ3) is 4.33. The summed E-state index contributed by atoms with van der Waals surface area (Å²) < 4.78 is 7.22. The van der Waals surface area contributed by atoms with E-state index in [9.17, 15) is 9.59 Å². The quantitative estimate of drug-likeness (QED) is 0.404. The molecule has 1 aromatic carbocycles. The van der Waals surface area contributed by atoms with Gasteiger partial charge in [-0.2, -0.15) is 5.10 Å². The Bertz CT molecular complexity index is 997. The number of rotatable bonds is 7. The first kappa shape index (κ1) is 20.3. The molecule has 28 heavy (non-hydrogen) atoms. The van der Waals surface area contributed by atoms with Crippen LogP contribution in [-0.2, 0) is 11.3 Å². The van der Waals surface area contributed by atoms with Gasteiger partial charge >= 0.3 is 5.97 Å². The summed E-state index contributed by atoms with van der Waals surface area (Å²) in [4.78, 5) is 26.2. The van der Waals surface area contributed by atoms with Crippen molar-refractivity contribution < 1.29 is 14.3 Å². The largest absolute Gasteiger partial charge is 0.453 e. The van der Waals surface area contributed by atoms with E-state index in [2.05, 4.69) is 32.8 Å². The summed E-state index contributed by atoms with van der Waals surface area (Å²) >= 11 is 1.36. The van der Waals surface area contributed by atoms with E-state index >= 15 is 0 Å². The molecule has 0 saturated heterocycles. The Morgan fingerprint density at radius 1 is 1.14 bits per heavy atom. The smallest absolute Gasteiger partial charge is 0.348 e. The van der Waals surface area contributed by atoms with E-state index in [1.165, 1.54) is 16.9 Å². The summed E-state index contributed by atoms with van der Waals surface area (Å²) in [6.07, 6.45) is 0. The minimum absolute atomic E-state index is 0.202. The lowest BCUT2D eigenvalue weighted by atomic mass is 10.0. The number of hydrogen-bond acceptors (Lipinski definition) is 5. The van der Waals surface area contributed by atoms with Crippen LogP contribution in [-0.4, -0.2) is 28.1 Å². The monoisotopic (exact) mass is 398 g/mol. The summed E-state index contributed by atoms with van der Waals surface area (Å²) in [6, 6.07) is 9.26. The zero-order valence-electron chi connectivity index (χ0n) is 17.0. The zero-order valence-corrected chi connectivity index (χ0v) is 17.8. The number of ether oxygens (including phenoxy) is 1. The highest BCUT2D eigenvalue weighted by molar-refractivity contribution is 7.20. The SMILES string of the molecule is Cc1nn(CC(C)C)c2sc(C(=O)OCC(=O)c3ccc(C(C)C)cc3)cc12. The second kappa shape index (κ2) is 8.27. The molecule has 0 N–H and O–H groups in total. The van der Waals surface area contributed by atoms with Crippen molar-refractivity contribution in [2.45, 2.75) is 47.1 Å². The van der Waals surface area contributed by atoms with Gasteiger partial charge in [-0.3, -0.25) is 9.48 Å². The van der Waals surface area contributed by atoms with Crippen molar-refractivity contribution in [3.05, 3.63) is 52.0 Å². The lowest BCUT2D eigenvalue weighted by Gasteiger charge is -2.07. The molecule has 148 valence electrons. The van der Waals surface area contributed by atoms with Gasteiger partial charge in [0, 0.05) is 17.5 Å². The number of fused-ring (bicyclic) bond motifs is 1. The highest BCUT2D eigenvalue weighted by Crippen LogP contribution is 2.29. The van der Waals surface area contributed by atoms with Crippen LogP contribution in [0.2, 0.25) is 0 Å². The molecule has 0 atom stereocenters. The minimum Gasteiger partial charge on any atom is -0.453 e. The number of carbonyl (C=O) groups is 2. The van der Waals surface area contributed by atoms with E-state index in [0.717, 1.165) is 22.5 Å². The van der Waals surface area contributed by atoms with Crippen molar-refractivity contribution in [1.82, 2.24) is 9.78 Å². The van der Waals surface area contributed by atoms with E-state index < -0.39 is 5.97 Å². The van der Waals surface area contributed by atoms with Crippen LogP contribution in [0.3, 0.4) is 0 Å². The molecular weight excluding hydrogens is 372 g/mol. The summed E-state index contributed by atoms with van der Waals surface area (Å²) in [6.45, 7) is 10.9. The molecule has 2 aromatic heterocycles. The van der Waals surface area contributed by atoms with Crippen LogP contribution in [0.1, 0.15) is 64.9 Å². The number of Topliss-reactive ketones (excluding diaryl/α,β-unsaturated/α-hetero) is 1. The number of ketones is 1. The minimum atomic E-state index is -0.469. The number of esters is 1. The predicted molar refractivity (Wildman–Crippen MR) is 112 cm³/mol. The van der Waals surface area contributed by atoms with E-state index in [-0.39, 0.29) is 12.4 Å². The molecule has 3 aromatic rings. The van der Waals surface area contributed by atoms with Gasteiger partial charge in [-0.15, -0.1) is 11.3 Å². The second-order valence-corrected chi connectivity index (χ2v) is 8.80. The number of carbonyl (C=O) groups excluding carboxylic acids is 2. The van der Waals surface area contributed by atoms with Crippen molar-refractivity contribution in [3.63, 3.8) is 0 Å². The van der Waals surface area contributed by atoms with Crippen molar-refractivity contribution >= 4 is 33.3 Å². The molecule has 0 unspecified atom stereocenters. The second-order valence-electron chi connectivity index (χ2n) is 7.77. The van der Waals surface area contributed by atoms with Gasteiger partial charge in [0.25, 0.3) is 0 Å². The van der Waals surface area contributed by atoms with Crippen molar-refractivity contribution in [3.8, 4) is 0 Å². The molecule has 0 aliphatic rings. The fourth-order valence-electron chi connectivity index (χ4n) is 3.02. The zero-order chi connectivity index (χ0) is 20.4. The summed E-state index contributed by atoms with van der Waals surface area (Å²) in [5.41, 5.74) is 2.62. The predicted octanol–water partition coefficient (Wildman–Crippen LogP) is 5.23. The first-order valence-electron chi connectivity index (χ1n) is 9.53. The maximum Gasteiger partial charge on any atom is 0.348 e. The summed E-state index contributed by atoms with van der Waals surface area (Å²) in [5.74, 6) is 0.195. The fraction of sp³-hybridized carbons (Fsp3) is 0.409. The lowest BCUT2D eigenvalue weighted by molar-refractivity contribution is 0.0479. The number of benzene rings is 1. The van der Waals surface area contributed by atoms with Gasteiger partial charge in [0.05, 0.1) is 5.69 Å². The number of thiophene rings is 1. The number of hydrogen-bond donors (Lipinski definition) is 0. The van der Waals surface area contributed by atoms with Crippen LogP contribution in [0.25, 0.3) is 10.2 Å². The maximum absolute atomic E-state index is 12.4. The van der Waals surface area contributed by atoms with E-state index in [1.54, 1.807) is 12.1 Å². The molecule has 0 amide bonds. The molecule has 0 radical (unpaired) electrons. The maximum atomic E-state index is 12.4. The Balaban J connectivity index is 1.68. The highest BCUT2D eigenvalue weighted by Gasteiger charge is 2.19. The van der Waals surface area contributed by atoms with Crippen molar-refractivity contribution in [2.24, 2.45) is 5.92 Å². The van der Waals surface area contributed by atoms with Crippen LogP contribution in [0.4, 0.5) is 0 Å². The van der Waals surface area contributed by atoms with Gasteiger partial charge in [0.15, 0.2) is 12.4 Å². The Kier molecular flexibility index (Phi) is 5.98. The van der Waals surface area contributed by atoms with Crippen molar-refractivity contribution in [2.75, 3.05) is 6.61 Å². The molecule has 0 aliphatic heterocycles. The van der Waals surface area contributed by atoms with E-state index in [1.807, 2.05) is 29.8 Å². The van der Waals surface area contributed by atoms with Crippen LogP contribution in [0.5, 0.6) is 0 Å². The molecule has 2 heterocycles. The third-order valence-electron chi connectivity index (χ3n) is 4.58. The lowest BCUT2D eigenvalue weighted by Crippen LogP contribution is -2.13. The van der Waals surface area contributed by atoms with Gasteiger partial charge in [0.2, 0.25) is 0 Å². The molecule has 0 fully saturated rings. The highest BCUT2D eigenvalue weighted by atomic mass is 32.1. The Hall–Kier alpha value is -2.47. The van der Waals surface area contributed by atoms with Crippen molar-refractivity contribution in [1.29, 1.82) is 0 Å². The molecule has 6 heteroatoms. The molecular formula is C22H26N2O3S. The van der Waals surface area contributed by atoms with Crippen LogP contribution in [0.15, 0.2) is 30.3 Å². The normalized spacial score (nSPS) is 11.5. The van der Waals surface area contributed by atoms with E-state index in [4.69, 9.17) is 4.74 Å². The number of aryl methyl sites for hydroxylation is 1. The Labute approximate surface area is 169 Å². The molecule has 0 spiro atoms. The standard InChI is InChI=1S/C22H26N2O3S/c1-13(2)11-24-21-18(15(5)23-24)10-20(28-21)22(26)27-12-19(25)17-8-6-16(7-9-17)14(3)4/h6-10,13-14H,11-12H2,1-5H3. The Morgan fingerprint density at radius 2 is 1.82 bits per heavy atom. The van der Waals surface area contributed by atoms with Gasteiger partial charge in [-0.25, -0.2) is 4.79 Å². The summed E-state index contributed by atoms with van der Waals surface area (Å²) in [7, 11) is 0. The topological polar surface area (TPSA) is 61.2 Å². The molecule has 0 bridgehead atoms. The average Bonchev–Trinajstić information content (AvgIpc) is 3.21. The summed E-state index contributed by atoms with van der Waals surface area (Å²) in [5, 5.41) is 5.51. The first-order chi connectivity index (χ1) is 13.3.